The summed E-state index contributed by atoms with van der Waals surface area (Å²) >= 11 is 3.47. The van der Waals surface area contributed by atoms with E-state index in [9.17, 15) is 4.79 Å². The van der Waals surface area contributed by atoms with Crippen molar-refractivity contribution in [3.63, 3.8) is 0 Å². The van der Waals surface area contributed by atoms with Crippen molar-refractivity contribution in [1.82, 2.24) is 10.3 Å². The normalized spacial score (nSPS) is 12.5. The van der Waals surface area contributed by atoms with E-state index in [2.05, 4.69) is 24.1 Å². The molecule has 0 fully saturated rings. The van der Waals surface area contributed by atoms with Crippen molar-refractivity contribution < 1.29 is 4.79 Å². The smallest absolute Gasteiger partial charge is 0.221 e. The van der Waals surface area contributed by atoms with Gasteiger partial charge in [0.2, 0.25) is 5.91 Å². The second kappa shape index (κ2) is 7.01. The topological polar surface area (TPSA) is 42.0 Å². The highest BCUT2D eigenvalue weighted by Gasteiger charge is 2.14. The molecule has 0 unspecified atom stereocenters. The number of thiazole rings is 1. The van der Waals surface area contributed by atoms with E-state index in [0.29, 0.717) is 6.42 Å². The number of carbonyl (C=O) groups is 1. The van der Waals surface area contributed by atoms with Crippen molar-refractivity contribution >= 4 is 29.0 Å². The molecule has 0 saturated heterocycles. The molecule has 1 heterocycles. The second-order valence-corrected chi connectivity index (χ2v) is 6.71. The zero-order chi connectivity index (χ0) is 12.8. The van der Waals surface area contributed by atoms with Crippen LogP contribution in [0.1, 0.15) is 41.9 Å². The SMILES string of the molecule is CCSCCC(=O)N[C@@H](C)c1nc(C)sc1C. The first-order valence-electron chi connectivity index (χ1n) is 5.85. The molecule has 0 aromatic carbocycles. The third-order valence-corrected chi connectivity index (χ3v) is 4.21. The van der Waals surface area contributed by atoms with E-state index < -0.39 is 0 Å². The molecule has 0 saturated carbocycles. The molecule has 0 radical (unpaired) electrons. The summed E-state index contributed by atoms with van der Waals surface area (Å²) in [5, 5.41) is 4.06. The van der Waals surface area contributed by atoms with E-state index in [1.54, 1.807) is 23.1 Å². The highest BCUT2D eigenvalue weighted by Crippen LogP contribution is 2.22. The van der Waals surface area contributed by atoms with Crippen LogP contribution in [0, 0.1) is 13.8 Å². The van der Waals surface area contributed by atoms with Gasteiger partial charge >= 0.3 is 0 Å². The third-order valence-electron chi connectivity index (χ3n) is 2.40. The third kappa shape index (κ3) is 4.68. The van der Waals surface area contributed by atoms with Crippen LogP contribution in [0.25, 0.3) is 0 Å². The molecule has 1 rings (SSSR count). The summed E-state index contributed by atoms with van der Waals surface area (Å²) < 4.78 is 0. The van der Waals surface area contributed by atoms with Gasteiger partial charge in [-0.25, -0.2) is 4.98 Å². The summed E-state index contributed by atoms with van der Waals surface area (Å²) in [5.74, 6) is 2.07. The Labute approximate surface area is 111 Å². The summed E-state index contributed by atoms with van der Waals surface area (Å²) in [6.07, 6.45) is 0.588. The van der Waals surface area contributed by atoms with Gasteiger partial charge < -0.3 is 5.32 Å². The van der Waals surface area contributed by atoms with E-state index in [1.807, 2.05) is 13.8 Å². The van der Waals surface area contributed by atoms with Gasteiger partial charge in [-0.05, 0) is 26.5 Å². The molecule has 17 heavy (non-hydrogen) atoms. The van der Waals surface area contributed by atoms with Crippen LogP contribution < -0.4 is 5.32 Å². The Morgan fingerprint density at radius 3 is 2.76 bits per heavy atom. The number of aryl methyl sites for hydroxylation is 2. The minimum Gasteiger partial charge on any atom is -0.348 e. The molecule has 1 N–H and O–H groups in total. The number of nitrogens with one attached hydrogen (secondary N) is 1. The number of rotatable bonds is 6. The van der Waals surface area contributed by atoms with Crippen LogP contribution in [0.15, 0.2) is 0 Å². The standard InChI is InChI=1S/C12H20N2OS2/c1-5-16-7-6-11(15)13-8(2)12-9(3)17-10(4)14-12/h8H,5-7H2,1-4H3,(H,13,15)/t8-/m0/s1. The summed E-state index contributed by atoms with van der Waals surface area (Å²) in [5.41, 5.74) is 1.00. The van der Waals surface area contributed by atoms with Crippen molar-refractivity contribution in [2.24, 2.45) is 0 Å². The first kappa shape index (κ1) is 14.5. The molecule has 1 amide bonds. The van der Waals surface area contributed by atoms with Crippen LogP contribution in [0.4, 0.5) is 0 Å². The fourth-order valence-electron chi connectivity index (χ4n) is 1.64. The highest BCUT2D eigenvalue weighted by molar-refractivity contribution is 7.99. The minimum absolute atomic E-state index is 0.0130. The lowest BCUT2D eigenvalue weighted by atomic mass is 10.2. The number of aromatic nitrogens is 1. The molecule has 1 aromatic heterocycles. The van der Waals surface area contributed by atoms with Crippen LogP contribution in [0.2, 0.25) is 0 Å². The number of thioether (sulfide) groups is 1. The minimum atomic E-state index is 0.0130. The molecule has 3 nitrogen and oxygen atoms in total. The summed E-state index contributed by atoms with van der Waals surface area (Å²) in [7, 11) is 0. The molecular formula is C12H20N2OS2. The lowest BCUT2D eigenvalue weighted by molar-refractivity contribution is -0.121. The molecule has 0 aliphatic heterocycles. The van der Waals surface area contributed by atoms with Crippen LogP contribution in [0.3, 0.4) is 0 Å². The molecule has 1 atom stereocenters. The zero-order valence-electron chi connectivity index (χ0n) is 10.9. The lowest BCUT2D eigenvalue weighted by Gasteiger charge is -2.12. The summed E-state index contributed by atoms with van der Waals surface area (Å²) in [4.78, 5) is 17.3. The first-order chi connectivity index (χ1) is 8.04. The van der Waals surface area contributed by atoms with Crippen molar-refractivity contribution in [2.75, 3.05) is 11.5 Å². The van der Waals surface area contributed by atoms with Crippen molar-refractivity contribution in [3.8, 4) is 0 Å². The Hall–Kier alpha value is -0.550. The summed E-state index contributed by atoms with van der Waals surface area (Å²) in [6.45, 7) is 8.14. The van der Waals surface area contributed by atoms with Gasteiger partial charge in [-0.1, -0.05) is 6.92 Å². The maximum absolute atomic E-state index is 11.7. The van der Waals surface area contributed by atoms with E-state index >= 15 is 0 Å². The Bertz CT molecular complexity index is 377. The predicted octanol–water partition coefficient (Wildman–Crippen LogP) is 3.08. The van der Waals surface area contributed by atoms with Gasteiger partial charge in [0.05, 0.1) is 16.7 Å². The van der Waals surface area contributed by atoms with E-state index in [-0.39, 0.29) is 11.9 Å². The van der Waals surface area contributed by atoms with Crippen LogP contribution in [-0.4, -0.2) is 22.4 Å². The average molecular weight is 272 g/mol. The lowest BCUT2D eigenvalue weighted by Crippen LogP contribution is -2.27. The molecule has 1 aromatic rings. The Morgan fingerprint density at radius 2 is 2.24 bits per heavy atom. The number of carbonyl (C=O) groups excluding carboxylic acids is 1. The van der Waals surface area contributed by atoms with Crippen molar-refractivity contribution in [2.45, 2.75) is 40.2 Å². The zero-order valence-corrected chi connectivity index (χ0v) is 12.5. The Morgan fingerprint density at radius 1 is 1.53 bits per heavy atom. The first-order valence-corrected chi connectivity index (χ1v) is 7.82. The molecule has 0 aliphatic rings. The Balaban J connectivity index is 2.46. The van der Waals surface area contributed by atoms with Crippen LogP contribution >= 0.6 is 23.1 Å². The van der Waals surface area contributed by atoms with Crippen LogP contribution in [0.5, 0.6) is 0 Å². The monoisotopic (exact) mass is 272 g/mol. The molecule has 0 aliphatic carbocycles. The van der Waals surface area contributed by atoms with Crippen LogP contribution in [-0.2, 0) is 4.79 Å². The largest absolute Gasteiger partial charge is 0.348 e. The van der Waals surface area contributed by atoms with Gasteiger partial charge in [-0.2, -0.15) is 11.8 Å². The maximum atomic E-state index is 11.7. The van der Waals surface area contributed by atoms with Crippen molar-refractivity contribution in [3.05, 3.63) is 15.6 Å². The van der Waals surface area contributed by atoms with E-state index in [0.717, 1.165) is 22.2 Å². The van der Waals surface area contributed by atoms with Gasteiger partial charge in [0.15, 0.2) is 0 Å². The molecular weight excluding hydrogens is 252 g/mol. The molecule has 0 bridgehead atoms. The van der Waals surface area contributed by atoms with Gasteiger partial charge in [0, 0.05) is 17.1 Å². The average Bonchev–Trinajstić information content (AvgIpc) is 2.58. The molecule has 96 valence electrons. The number of hydrogen-bond donors (Lipinski definition) is 1. The fraction of sp³-hybridized carbons (Fsp3) is 0.667. The predicted molar refractivity (Wildman–Crippen MR) is 75.8 cm³/mol. The van der Waals surface area contributed by atoms with E-state index in [4.69, 9.17) is 0 Å². The van der Waals surface area contributed by atoms with Crippen molar-refractivity contribution in [1.29, 1.82) is 0 Å². The molecule has 0 spiro atoms. The number of amides is 1. The maximum Gasteiger partial charge on any atom is 0.221 e. The van der Waals surface area contributed by atoms with E-state index in [1.165, 1.54) is 4.88 Å². The quantitative estimate of drug-likeness (QED) is 0.809. The van der Waals surface area contributed by atoms with Gasteiger partial charge in [-0.3, -0.25) is 4.79 Å². The fourth-order valence-corrected chi connectivity index (χ4v) is 3.17. The van der Waals surface area contributed by atoms with Gasteiger partial charge in [-0.15, -0.1) is 11.3 Å². The second-order valence-electron chi connectivity index (χ2n) is 3.91. The highest BCUT2D eigenvalue weighted by atomic mass is 32.2. The summed E-state index contributed by atoms with van der Waals surface area (Å²) in [6, 6.07) is 0.0130. The number of nitrogens with zero attached hydrogens (tertiary/aromatic N) is 1. The molecule has 5 heteroatoms. The Kier molecular flexibility index (Phi) is 5.98. The van der Waals surface area contributed by atoms with Gasteiger partial charge in [0.1, 0.15) is 0 Å². The van der Waals surface area contributed by atoms with Gasteiger partial charge in [0.25, 0.3) is 0 Å². The number of hydrogen-bond acceptors (Lipinski definition) is 4.